The molecule has 0 saturated heterocycles. The van der Waals surface area contributed by atoms with E-state index in [1.807, 2.05) is 27.7 Å². The second kappa shape index (κ2) is 6.15. The first-order valence-electron chi connectivity index (χ1n) is 5.55. The minimum atomic E-state index is -0.876. The zero-order valence-electron chi connectivity index (χ0n) is 10.3. The summed E-state index contributed by atoms with van der Waals surface area (Å²) in [7, 11) is 2.37. The van der Waals surface area contributed by atoms with Crippen LogP contribution in [0.25, 0.3) is 0 Å². The summed E-state index contributed by atoms with van der Waals surface area (Å²) in [5.74, 6) is 0. The van der Waals surface area contributed by atoms with E-state index in [-0.39, 0.29) is 12.2 Å². The molecule has 2 N–H and O–H groups in total. The van der Waals surface area contributed by atoms with Gasteiger partial charge >= 0.3 is 0 Å². The standard InChI is InChI=1S/C11H25O3P/c1-5-10(3,4)14-8-9(12)7-11(13,15)6-2/h9,12-13H,5-8,15H2,1-4H3/t9?,11-/m1/s1. The minimum Gasteiger partial charge on any atom is -0.391 e. The summed E-state index contributed by atoms with van der Waals surface area (Å²) >= 11 is 0. The van der Waals surface area contributed by atoms with Crippen LogP contribution in [0.5, 0.6) is 0 Å². The van der Waals surface area contributed by atoms with E-state index in [2.05, 4.69) is 9.24 Å². The van der Waals surface area contributed by atoms with E-state index in [9.17, 15) is 10.2 Å². The third-order valence-corrected chi connectivity index (χ3v) is 3.36. The largest absolute Gasteiger partial charge is 0.391 e. The molecule has 0 aliphatic rings. The zero-order valence-corrected chi connectivity index (χ0v) is 11.4. The topological polar surface area (TPSA) is 49.7 Å². The van der Waals surface area contributed by atoms with Crippen molar-refractivity contribution in [2.24, 2.45) is 0 Å². The van der Waals surface area contributed by atoms with Crippen LogP contribution >= 0.6 is 9.24 Å². The average molecular weight is 236 g/mol. The summed E-state index contributed by atoms with van der Waals surface area (Å²) in [5.41, 5.74) is -0.202. The van der Waals surface area contributed by atoms with Gasteiger partial charge in [0, 0.05) is 6.42 Å². The van der Waals surface area contributed by atoms with Gasteiger partial charge in [-0.2, -0.15) is 0 Å². The van der Waals surface area contributed by atoms with E-state index < -0.39 is 11.4 Å². The number of aliphatic hydroxyl groups is 2. The highest BCUT2D eigenvalue weighted by Gasteiger charge is 2.24. The molecule has 0 aliphatic carbocycles. The van der Waals surface area contributed by atoms with Gasteiger partial charge in [-0.3, -0.25) is 0 Å². The molecule has 0 radical (unpaired) electrons. The highest BCUT2D eigenvalue weighted by Crippen LogP contribution is 2.25. The first kappa shape index (κ1) is 15.3. The number of hydrogen-bond donors (Lipinski definition) is 2. The quantitative estimate of drug-likeness (QED) is 0.664. The summed E-state index contributed by atoms with van der Waals surface area (Å²) < 4.78 is 5.56. The van der Waals surface area contributed by atoms with Gasteiger partial charge in [-0.1, -0.05) is 13.8 Å². The molecule has 3 atom stereocenters. The third-order valence-electron chi connectivity index (χ3n) is 2.72. The van der Waals surface area contributed by atoms with Gasteiger partial charge in [0.25, 0.3) is 0 Å². The molecule has 4 heteroatoms. The van der Waals surface area contributed by atoms with E-state index >= 15 is 0 Å². The van der Waals surface area contributed by atoms with E-state index in [0.29, 0.717) is 12.8 Å². The lowest BCUT2D eigenvalue weighted by atomic mass is 10.1. The lowest BCUT2D eigenvalue weighted by Crippen LogP contribution is -2.33. The van der Waals surface area contributed by atoms with Gasteiger partial charge in [0.2, 0.25) is 0 Å². The Hall–Kier alpha value is 0.310. The zero-order chi connectivity index (χ0) is 12.1. The lowest BCUT2D eigenvalue weighted by Gasteiger charge is -2.28. The SMILES string of the molecule is CCC(C)(C)OCC(O)C[C@](O)(P)CC. The predicted octanol–water partition coefficient (Wildman–Crippen LogP) is 1.92. The van der Waals surface area contributed by atoms with Crippen LogP contribution in [0, 0.1) is 0 Å². The van der Waals surface area contributed by atoms with E-state index in [1.54, 1.807) is 0 Å². The molecule has 0 bridgehead atoms. The van der Waals surface area contributed by atoms with Crippen molar-refractivity contribution in [2.45, 2.75) is 64.0 Å². The van der Waals surface area contributed by atoms with Gasteiger partial charge in [-0.15, -0.1) is 9.24 Å². The molecule has 0 fully saturated rings. The average Bonchev–Trinajstić information content (AvgIpc) is 2.15. The summed E-state index contributed by atoms with van der Waals surface area (Å²) in [6.45, 7) is 8.19. The maximum absolute atomic E-state index is 9.73. The Kier molecular flexibility index (Phi) is 6.27. The summed E-state index contributed by atoms with van der Waals surface area (Å²) in [5, 5.41) is 18.5. The van der Waals surface area contributed by atoms with Crippen molar-refractivity contribution in [3.8, 4) is 0 Å². The van der Waals surface area contributed by atoms with E-state index in [0.717, 1.165) is 6.42 Å². The number of aliphatic hydroxyl groups excluding tert-OH is 1. The summed E-state index contributed by atoms with van der Waals surface area (Å²) in [4.78, 5) is 0. The van der Waals surface area contributed by atoms with Crippen LogP contribution in [0.3, 0.4) is 0 Å². The van der Waals surface area contributed by atoms with E-state index in [1.165, 1.54) is 0 Å². The Morgan fingerprint density at radius 1 is 1.27 bits per heavy atom. The molecule has 0 aromatic rings. The van der Waals surface area contributed by atoms with Crippen molar-refractivity contribution in [1.29, 1.82) is 0 Å². The van der Waals surface area contributed by atoms with Crippen LogP contribution < -0.4 is 0 Å². The normalized spacial score (nSPS) is 18.6. The molecule has 0 saturated carbocycles. The summed E-state index contributed by atoms with van der Waals surface area (Å²) in [6, 6.07) is 0. The second-order valence-corrected chi connectivity index (χ2v) is 5.81. The fourth-order valence-corrected chi connectivity index (χ4v) is 1.31. The van der Waals surface area contributed by atoms with Crippen LogP contribution in [0.1, 0.15) is 47.0 Å². The third kappa shape index (κ3) is 7.24. The number of ether oxygens (including phenoxy) is 1. The first-order valence-corrected chi connectivity index (χ1v) is 6.13. The van der Waals surface area contributed by atoms with Crippen molar-refractivity contribution in [3.05, 3.63) is 0 Å². The fourth-order valence-electron chi connectivity index (χ4n) is 1.04. The Balaban J connectivity index is 3.90. The van der Waals surface area contributed by atoms with Gasteiger partial charge in [-0.25, -0.2) is 0 Å². The van der Waals surface area contributed by atoms with Crippen molar-refractivity contribution in [3.63, 3.8) is 0 Å². The highest BCUT2D eigenvalue weighted by atomic mass is 31.0. The molecule has 0 aliphatic heterocycles. The Morgan fingerprint density at radius 3 is 2.20 bits per heavy atom. The van der Waals surface area contributed by atoms with Gasteiger partial charge in [0.1, 0.15) is 0 Å². The highest BCUT2D eigenvalue weighted by molar-refractivity contribution is 7.18. The molecular weight excluding hydrogens is 211 g/mol. The maximum atomic E-state index is 9.73. The van der Waals surface area contributed by atoms with Crippen molar-refractivity contribution < 1.29 is 14.9 Å². The molecule has 92 valence electrons. The van der Waals surface area contributed by atoms with Gasteiger partial charge in [0.15, 0.2) is 0 Å². The minimum absolute atomic E-state index is 0.202. The van der Waals surface area contributed by atoms with Gasteiger partial charge < -0.3 is 14.9 Å². The van der Waals surface area contributed by atoms with Crippen LogP contribution in [0.4, 0.5) is 0 Å². The molecular formula is C11H25O3P. The number of rotatable bonds is 7. The summed E-state index contributed by atoms with van der Waals surface area (Å²) in [6.07, 6.45) is 1.22. The second-order valence-electron chi connectivity index (χ2n) is 4.74. The predicted molar refractivity (Wildman–Crippen MR) is 65.9 cm³/mol. The Bertz CT molecular complexity index is 181. The van der Waals surface area contributed by atoms with Gasteiger partial charge in [-0.05, 0) is 26.7 Å². The first-order chi connectivity index (χ1) is 6.72. The molecule has 0 spiro atoms. The van der Waals surface area contributed by atoms with Crippen molar-refractivity contribution in [2.75, 3.05) is 6.61 Å². The lowest BCUT2D eigenvalue weighted by molar-refractivity contribution is -0.0735. The molecule has 2 unspecified atom stereocenters. The molecule has 0 aromatic heterocycles. The molecule has 3 nitrogen and oxygen atoms in total. The van der Waals surface area contributed by atoms with Crippen LogP contribution in [0.15, 0.2) is 0 Å². The van der Waals surface area contributed by atoms with Crippen LogP contribution in [0.2, 0.25) is 0 Å². The van der Waals surface area contributed by atoms with Crippen molar-refractivity contribution >= 4 is 9.24 Å². The van der Waals surface area contributed by atoms with E-state index in [4.69, 9.17) is 4.74 Å². The number of hydrogen-bond acceptors (Lipinski definition) is 3. The Morgan fingerprint density at radius 2 is 1.80 bits per heavy atom. The Labute approximate surface area is 95.4 Å². The molecule has 0 rings (SSSR count). The van der Waals surface area contributed by atoms with Crippen molar-refractivity contribution in [1.82, 2.24) is 0 Å². The molecule has 0 heterocycles. The van der Waals surface area contributed by atoms with Gasteiger partial charge in [0.05, 0.1) is 23.7 Å². The maximum Gasteiger partial charge on any atom is 0.0804 e. The van der Waals surface area contributed by atoms with Crippen LogP contribution in [-0.2, 0) is 4.74 Å². The fraction of sp³-hybridized carbons (Fsp3) is 1.00. The van der Waals surface area contributed by atoms with Crippen LogP contribution in [-0.4, -0.2) is 33.9 Å². The molecule has 15 heavy (non-hydrogen) atoms. The monoisotopic (exact) mass is 236 g/mol. The molecule has 0 aromatic carbocycles. The smallest absolute Gasteiger partial charge is 0.0804 e. The molecule has 0 amide bonds.